The van der Waals surface area contributed by atoms with Crippen LogP contribution in [0.2, 0.25) is 0 Å². The second kappa shape index (κ2) is 10.9. The highest BCUT2D eigenvalue weighted by molar-refractivity contribution is 5.87. The van der Waals surface area contributed by atoms with Crippen molar-refractivity contribution in [1.82, 2.24) is 24.7 Å². The third-order valence-electron chi connectivity index (χ3n) is 8.91. The molecule has 2 fully saturated rings. The molecule has 1 aromatic heterocycles. The largest absolute Gasteiger partial charge is 0.461 e. The number of likely N-dealkylation sites (tertiary alicyclic amines) is 1. The Morgan fingerprint density at radius 3 is 2.80 bits per heavy atom. The van der Waals surface area contributed by atoms with Gasteiger partial charge in [-0.15, -0.1) is 0 Å². The first-order chi connectivity index (χ1) is 19.5. The number of amides is 2. The summed E-state index contributed by atoms with van der Waals surface area (Å²) < 4.78 is 6.14. The number of anilines is 1. The second-order valence-corrected chi connectivity index (χ2v) is 11.1. The Balaban J connectivity index is 1.29. The number of rotatable bonds is 7. The lowest BCUT2D eigenvalue weighted by molar-refractivity contribution is -0.129. The van der Waals surface area contributed by atoms with Gasteiger partial charge in [-0.2, -0.15) is 15.2 Å². The van der Waals surface area contributed by atoms with E-state index in [0.717, 1.165) is 42.9 Å². The molecule has 3 aliphatic heterocycles. The number of hydrogen-bond acceptors (Lipinski definition) is 8. The summed E-state index contributed by atoms with van der Waals surface area (Å²) >= 11 is 0. The summed E-state index contributed by atoms with van der Waals surface area (Å²) in [6.45, 7) is 7.01. The molecule has 0 saturated carbocycles. The standard InChI is InChI=1S/C30H35N7O3/c1-3-27(38)37-15-14-35(16-21(37)12-13-31)29-24-17-36(26-10-8-20-6-4-5-7-23(20)26)18-25(24)32-30(33-29)40-19-22-9-11-28(39)34(22)2/h3-7,21-22,26H,1,8-12,14-19H2,2H3/t21-,22-,26?/m0/s1. The van der Waals surface area contributed by atoms with Gasteiger partial charge >= 0.3 is 6.01 Å². The Morgan fingerprint density at radius 1 is 1.18 bits per heavy atom. The quantitative estimate of drug-likeness (QED) is 0.493. The Kier molecular flexibility index (Phi) is 7.15. The lowest BCUT2D eigenvalue weighted by atomic mass is 10.1. The highest BCUT2D eigenvalue weighted by Gasteiger charge is 2.38. The summed E-state index contributed by atoms with van der Waals surface area (Å²) in [6.07, 6.45) is 5.00. The Hall–Kier alpha value is -3.97. The number of nitriles is 1. The summed E-state index contributed by atoms with van der Waals surface area (Å²) in [6, 6.07) is 11.3. The lowest BCUT2D eigenvalue weighted by Gasteiger charge is -2.41. The van der Waals surface area contributed by atoms with Crippen molar-refractivity contribution in [2.75, 3.05) is 38.2 Å². The predicted octanol–water partition coefficient (Wildman–Crippen LogP) is 2.60. The van der Waals surface area contributed by atoms with Gasteiger partial charge in [-0.05, 0) is 36.5 Å². The molecule has 6 rings (SSSR count). The summed E-state index contributed by atoms with van der Waals surface area (Å²) in [5.74, 6) is 0.795. The van der Waals surface area contributed by atoms with E-state index in [1.165, 1.54) is 17.2 Å². The highest BCUT2D eigenvalue weighted by atomic mass is 16.5. The number of aryl methyl sites for hydroxylation is 1. The molecule has 208 valence electrons. The molecule has 2 aromatic rings. The molecule has 1 unspecified atom stereocenters. The zero-order valence-corrected chi connectivity index (χ0v) is 23.0. The molecular weight excluding hydrogens is 506 g/mol. The molecule has 4 heterocycles. The van der Waals surface area contributed by atoms with E-state index in [9.17, 15) is 14.9 Å². The fraction of sp³-hybridized carbons (Fsp3) is 0.500. The number of likely N-dealkylation sites (N-methyl/N-ethyl adjacent to an activating group) is 1. The van der Waals surface area contributed by atoms with Crippen molar-refractivity contribution in [1.29, 1.82) is 5.26 Å². The van der Waals surface area contributed by atoms with Gasteiger partial charge in [-0.1, -0.05) is 30.8 Å². The number of aromatic nitrogens is 2. The minimum absolute atomic E-state index is 0.00719. The summed E-state index contributed by atoms with van der Waals surface area (Å²) in [4.78, 5) is 42.4. The van der Waals surface area contributed by atoms with Crippen LogP contribution >= 0.6 is 0 Å². The number of carbonyl (C=O) groups excluding carboxylic acids is 2. The van der Waals surface area contributed by atoms with Gasteiger partial charge in [0, 0.05) is 57.8 Å². The van der Waals surface area contributed by atoms with E-state index in [1.54, 1.807) is 9.80 Å². The van der Waals surface area contributed by atoms with Crippen molar-refractivity contribution in [3.8, 4) is 12.1 Å². The van der Waals surface area contributed by atoms with Crippen molar-refractivity contribution < 1.29 is 14.3 Å². The van der Waals surface area contributed by atoms with Crippen LogP contribution in [0.15, 0.2) is 36.9 Å². The molecular formula is C30H35N7O3. The molecule has 1 aliphatic carbocycles. The van der Waals surface area contributed by atoms with E-state index in [-0.39, 0.29) is 30.3 Å². The fourth-order valence-electron chi connectivity index (χ4n) is 6.66. The van der Waals surface area contributed by atoms with Crippen molar-refractivity contribution in [2.45, 2.75) is 63.3 Å². The number of benzene rings is 1. The van der Waals surface area contributed by atoms with Crippen molar-refractivity contribution in [3.05, 3.63) is 59.3 Å². The molecule has 0 radical (unpaired) electrons. The number of ether oxygens (including phenoxy) is 1. The van der Waals surface area contributed by atoms with Crippen LogP contribution in [0.25, 0.3) is 0 Å². The number of fused-ring (bicyclic) bond motifs is 2. The van der Waals surface area contributed by atoms with Crippen LogP contribution in [0, 0.1) is 11.3 Å². The normalized spacial score (nSPS) is 24.1. The van der Waals surface area contributed by atoms with Crippen molar-refractivity contribution >= 4 is 17.6 Å². The third kappa shape index (κ3) is 4.79. The number of nitrogens with zero attached hydrogens (tertiary/aromatic N) is 7. The zero-order valence-electron chi connectivity index (χ0n) is 23.0. The topological polar surface area (TPSA) is 106 Å². The first kappa shape index (κ1) is 26.3. The average molecular weight is 542 g/mol. The molecule has 1 aromatic carbocycles. The van der Waals surface area contributed by atoms with Gasteiger partial charge in [-0.3, -0.25) is 14.5 Å². The van der Waals surface area contributed by atoms with Gasteiger partial charge in [0.2, 0.25) is 11.8 Å². The molecule has 10 nitrogen and oxygen atoms in total. The van der Waals surface area contributed by atoms with Crippen LogP contribution in [0.4, 0.5) is 5.82 Å². The molecule has 10 heteroatoms. The van der Waals surface area contributed by atoms with Gasteiger partial charge in [0.05, 0.1) is 30.3 Å². The van der Waals surface area contributed by atoms with Crippen LogP contribution in [0.5, 0.6) is 6.01 Å². The van der Waals surface area contributed by atoms with Crippen molar-refractivity contribution in [3.63, 3.8) is 0 Å². The van der Waals surface area contributed by atoms with Crippen LogP contribution in [0.1, 0.15) is 54.1 Å². The van der Waals surface area contributed by atoms with Crippen LogP contribution in [0.3, 0.4) is 0 Å². The molecule has 40 heavy (non-hydrogen) atoms. The Bertz CT molecular complexity index is 1370. The summed E-state index contributed by atoms with van der Waals surface area (Å²) in [7, 11) is 1.81. The van der Waals surface area contributed by atoms with Crippen LogP contribution < -0.4 is 9.64 Å². The van der Waals surface area contributed by atoms with Gasteiger partial charge in [-0.25, -0.2) is 0 Å². The van der Waals surface area contributed by atoms with Gasteiger partial charge < -0.3 is 19.4 Å². The highest BCUT2D eigenvalue weighted by Crippen LogP contribution is 2.42. The summed E-state index contributed by atoms with van der Waals surface area (Å²) in [5.41, 5.74) is 4.85. The minimum Gasteiger partial charge on any atom is -0.461 e. The maximum absolute atomic E-state index is 12.5. The molecule has 0 bridgehead atoms. The molecule has 3 atom stereocenters. The second-order valence-electron chi connectivity index (χ2n) is 11.1. The molecule has 0 N–H and O–H groups in total. The smallest absolute Gasteiger partial charge is 0.318 e. The number of hydrogen-bond donors (Lipinski definition) is 0. The average Bonchev–Trinajstić information content (AvgIpc) is 3.68. The summed E-state index contributed by atoms with van der Waals surface area (Å²) in [5, 5.41) is 9.48. The Morgan fingerprint density at radius 2 is 2.02 bits per heavy atom. The lowest BCUT2D eigenvalue weighted by Crippen LogP contribution is -2.55. The van der Waals surface area contributed by atoms with E-state index in [4.69, 9.17) is 14.7 Å². The first-order valence-corrected chi connectivity index (χ1v) is 14.1. The molecule has 2 saturated heterocycles. The fourth-order valence-corrected chi connectivity index (χ4v) is 6.66. The molecule has 4 aliphatic rings. The van der Waals surface area contributed by atoms with E-state index < -0.39 is 0 Å². The van der Waals surface area contributed by atoms with E-state index in [1.807, 2.05) is 7.05 Å². The number of carbonyl (C=O) groups is 2. The first-order valence-electron chi connectivity index (χ1n) is 14.1. The third-order valence-corrected chi connectivity index (χ3v) is 8.91. The maximum Gasteiger partial charge on any atom is 0.318 e. The minimum atomic E-state index is -0.253. The molecule has 0 spiro atoms. The van der Waals surface area contributed by atoms with Gasteiger partial charge in [0.25, 0.3) is 0 Å². The van der Waals surface area contributed by atoms with Crippen molar-refractivity contribution in [2.24, 2.45) is 0 Å². The monoisotopic (exact) mass is 541 g/mol. The van der Waals surface area contributed by atoms with Gasteiger partial charge in [0.15, 0.2) is 0 Å². The Labute approximate surface area is 234 Å². The predicted molar refractivity (Wildman–Crippen MR) is 148 cm³/mol. The van der Waals surface area contributed by atoms with Crippen LogP contribution in [-0.2, 0) is 29.1 Å². The van der Waals surface area contributed by atoms with E-state index in [0.29, 0.717) is 51.3 Å². The number of piperazine rings is 1. The van der Waals surface area contributed by atoms with Crippen LogP contribution in [-0.4, -0.2) is 81.9 Å². The zero-order chi connectivity index (χ0) is 27.8. The van der Waals surface area contributed by atoms with E-state index in [2.05, 4.69) is 46.7 Å². The van der Waals surface area contributed by atoms with Gasteiger partial charge in [0.1, 0.15) is 12.4 Å². The van der Waals surface area contributed by atoms with E-state index >= 15 is 0 Å². The maximum atomic E-state index is 12.5. The molecule has 2 amide bonds. The SMILES string of the molecule is C=CC(=O)N1CCN(c2nc(OC[C@@H]3CCC(=O)N3C)nc3c2CN(C2CCc4ccccc42)C3)C[C@@H]1CC#N.